The maximum atomic E-state index is 11.8. The van der Waals surface area contributed by atoms with Crippen LogP contribution in [0.3, 0.4) is 0 Å². The van der Waals surface area contributed by atoms with Gasteiger partial charge in [-0.2, -0.15) is 0 Å². The number of ether oxygens (including phenoxy) is 2. The molecule has 0 bridgehead atoms. The molecule has 0 saturated heterocycles. The predicted octanol–water partition coefficient (Wildman–Crippen LogP) is 2.90. The summed E-state index contributed by atoms with van der Waals surface area (Å²) < 4.78 is 10.5. The Hall–Kier alpha value is -0.610. The molecule has 0 heterocycles. The fourth-order valence-corrected chi connectivity index (χ4v) is 2.18. The average molecular weight is 273 g/mol. The predicted molar refractivity (Wildman–Crippen MR) is 78.3 cm³/mol. The standard InChI is InChI=1S/C15H31NO3/c1-6-7-8-11-19-12-9-10-15(4,14(17)18-5)16-13(2)3/h13,16H,6-12H2,1-5H3. The minimum atomic E-state index is -0.615. The summed E-state index contributed by atoms with van der Waals surface area (Å²) in [5.41, 5.74) is -0.615. The summed E-state index contributed by atoms with van der Waals surface area (Å²) in [5, 5.41) is 3.29. The van der Waals surface area contributed by atoms with Crippen LogP contribution in [0.5, 0.6) is 0 Å². The molecular formula is C15H31NO3. The Kier molecular flexibility index (Phi) is 9.88. The van der Waals surface area contributed by atoms with E-state index in [0.29, 0.717) is 6.61 Å². The van der Waals surface area contributed by atoms with Gasteiger partial charge < -0.3 is 9.47 Å². The highest BCUT2D eigenvalue weighted by atomic mass is 16.5. The largest absolute Gasteiger partial charge is 0.468 e. The Labute approximate surface area is 118 Å². The molecule has 19 heavy (non-hydrogen) atoms. The molecule has 114 valence electrons. The number of unbranched alkanes of at least 4 members (excludes halogenated alkanes) is 2. The summed E-state index contributed by atoms with van der Waals surface area (Å²) in [7, 11) is 1.43. The summed E-state index contributed by atoms with van der Waals surface area (Å²) in [6.07, 6.45) is 5.13. The fourth-order valence-electron chi connectivity index (χ4n) is 2.18. The van der Waals surface area contributed by atoms with Gasteiger partial charge in [0.2, 0.25) is 0 Å². The number of rotatable bonds is 11. The van der Waals surface area contributed by atoms with E-state index in [1.807, 2.05) is 20.8 Å². The normalized spacial score (nSPS) is 14.4. The first-order valence-corrected chi connectivity index (χ1v) is 7.40. The van der Waals surface area contributed by atoms with Gasteiger partial charge in [-0.3, -0.25) is 10.1 Å². The van der Waals surface area contributed by atoms with Crippen molar-refractivity contribution in [3.05, 3.63) is 0 Å². The van der Waals surface area contributed by atoms with Gasteiger partial charge in [0.15, 0.2) is 0 Å². The van der Waals surface area contributed by atoms with E-state index in [-0.39, 0.29) is 12.0 Å². The smallest absolute Gasteiger partial charge is 0.325 e. The lowest BCUT2D eigenvalue weighted by molar-refractivity contribution is -0.148. The van der Waals surface area contributed by atoms with Crippen LogP contribution < -0.4 is 5.32 Å². The van der Waals surface area contributed by atoms with Gasteiger partial charge in [0.25, 0.3) is 0 Å². The van der Waals surface area contributed by atoms with Gasteiger partial charge in [-0.05, 0) is 40.0 Å². The Morgan fingerprint density at radius 2 is 1.84 bits per heavy atom. The number of esters is 1. The third-order valence-corrected chi connectivity index (χ3v) is 3.10. The van der Waals surface area contributed by atoms with E-state index in [0.717, 1.165) is 25.9 Å². The molecule has 1 N–H and O–H groups in total. The molecule has 0 rings (SSSR count). The van der Waals surface area contributed by atoms with Crippen molar-refractivity contribution >= 4 is 5.97 Å². The van der Waals surface area contributed by atoms with Crippen molar-refractivity contribution in [3.8, 4) is 0 Å². The van der Waals surface area contributed by atoms with Crippen molar-refractivity contribution in [1.29, 1.82) is 0 Å². The number of carbonyl (C=O) groups excluding carboxylic acids is 1. The molecule has 0 amide bonds. The summed E-state index contributed by atoms with van der Waals surface area (Å²) >= 11 is 0. The van der Waals surface area contributed by atoms with Crippen molar-refractivity contribution in [2.45, 2.75) is 71.4 Å². The van der Waals surface area contributed by atoms with Crippen LogP contribution in [-0.2, 0) is 14.3 Å². The molecule has 0 radical (unpaired) electrons. The first-order chi connectivity index (χ1) is 8.96. The quantitative estimate of drug-likeness (QED) is 0.464. The average Bonchev–Trinajstić information content (AvgIpc) is 2.35. The van der Waals surface area contributed by atoms with Crippen LogP contribution >= 0.6 is 0 Å². The third-order valence-electron chi connectivity index (χ3n) is 3.10. The minimum absolute atomic E-state index is 0.202. The van der Waals surface area contributed by atoms with Gasteiger partial charge in [0, 0.05) is 19.3 Å². The van der Waals surface area contributed by atoms with Crippen LogP contribution in [0, 0.1) is 0 Å². The maximum Gasteiger partial charge on any atom is 0.325 e. The van der Waals surface area contributed by atoms with E-state index in [1.54, 1.807) is 0 Å². The summed E-state index contributed by atoms with van der Waals surface area (Å²) in [6, 6.07) is 0.245. The molecule has 0 fully saturated rings. The highest BCUT2D eigenvalue weighted by molar-refractivity contribution is 5.80. The monoisotopic (exact) mass is 273 g/mol. The number of hydrogen-bond donors (Lipinski definition) is 1. The molecule has 0 aromatic rings. The molecule has 0 aliphatic rings. The molecule has 4 heteroatoms. The van der Waals surface area contributed by atoms with Gasteiger partial charge in [-0.1, -0.05) is 19.8 Å². The first-order valence-electron chi connectivity index (χ1n) is 7.40. The van der Waals surface area contributed by atoms with Crippen molar-refractivity contribution in [1.82, 2.24) is 5.32 Å². The van der Waals surface area contributed by atoms with Crippen LogP contribution in [0.25, 0.3) is 0 Å². The first kappa shape index (κ1) is 18.4. The highest BCUT2D eigenvalue weighted by Gasteiger charge is 2.33. The van der Waals surface area contributed by atoms with Gasteiger partial charge in [0.05, 0.1) is 7.11 Å². The van der Waals surface area contributed by atoms with Crippen molar-refractivity contribution in [3.63, 3.8) is 0 Å². The van der Waals surface area contributed by atoms with Crippen molar-refractivity contribution < 1.29 is 14.3 Å². The Balaban J connectivity index is 3.97. The number of methoxy groups -OCH3 is 1. The van der Waals surface area contributed by atoms with Crippen LogP contribution in [0.4, 0.5) is 0 Å². The Bertz CT molecular complexity index is 244. The maximum absolute atomic E-state index is 11.8. The van der Waals surface area contributed by atoms with Gasteiger partial charge in [-0.15, -0.1) is 0 Å². The zero-order valence-electron chi connectivity index (χ0n) is 13.3. The number of hydrogen-bond acceptors (Lipinski definition) is 4. The molecule has 0 spiro atoms. The topological polar surface area (TPSA) is 47.6 Å². The molecule has 1 unspecified atom stereocenters. The zero-order valence-corrected chi connectivity index (χ0v) is 13.3. The second-order valence-electron chi connectivity index (χ2n) is 5.55. The van der Waals surface area contributed by atoms with E-state index in [9.17, 15) is 4.79 Å². The number of carbonyl (C=O) groups is 1. The van der Waals surface area contributed by atoms with Crippen LogP contribution in [0.15, 0.2) is 0 Å². The molecule has 0 aromatic carbocycles. The second kappa shape index (κ2) is 10.2. The third kappa shape index (κ3) is 8.22. The van der Waals surface area contributed by atoms with Crippen LogP contribution in [0.1, 0.15) is 59.8 Å². The fraction of sp³-hybridized carbons (Fsp3) is 0.933. The van der Waals surface area contributed by atoms with E-state index in [4.69, 9.17) is 9.47 Å². The molecule has 0 aliphatic carbocycles. The van der Waals surface area contributed by atoms with Crippen LogP contribution in [0.2, 0.25) is 0 Å². The molecule has 0 saturated carbocycles. The van der Waals surface area contributed by atoms with E-state index < -0.39 is 5.54 Å². The number of nitrogens with one attached hydrogen (secondary N) is 1. The lowest BCUT2D eigenvalue weighted by atomic mass is 9.95. The Morgan fingerprint density at radius 1 is 1.21 bits per heavy atom. The highest BCUT2D eigenvalue weighted by Crippen LogP contribution is 2.15. The lowest BCUT2D eigenvalue weighted by Gasteiger charge is -2.30. The van der Waals surface area contributed by atoms with E-state index in [1.165, 1.54) is 20.0 Å². The molecule has 4 nitrogen and oxygen atoms in total. The van der Waals surface area contributed by atoms with Crippen LogP contribution in [-0.4, -0.2) is 37.9 Å². The minimum Gasteiger partial charge on any atom is -0.468 e. The van der Waals surface area contributed by atoms with E-state index >= 15 is 0 Å². The lowest BCUT2D eigenvalue weighted by Crippen LogP contribution is -2.53. The summed E-state index contributed by atoms with van der Waals surface area (Å²) in [4.78, 5) is 11.8. The molecule has 0 aromatic heterocycles. The van der Waals surface area contributed by atoms with Gasteiger partial charge in [-0.25, -0.2) is 0 Å². The summed E-state index contributed by atoms with van der Waals surface area (Å²) in [6.45, 7) is 9.66. The molecule has 1 atom stereocenters. The molecule has 0 aliphatic heterocycles. The second-order valence-corrected chi connectivity index (χ2v) is 5.55. The van der Waals surface area contributed by atoms with Gasteiger partial charge in [0.1, 0.15) is 5.54 Å². The van der Waals surface area contributed by atoms with E-state index in [2.05, 4.69) is 12.2 Å². The molecular weight excluding hydrogens is 242 g/mol. The SMILES string of the molecule is CCCCCOCCCC(C)(NC(C)C)C(=O)OC. The zero-order chi connectivity index (χ0) is 14.7. The van der Waals surface area contributed by atoms with Gasteiger partial charge >= 0.3 is 5.97 Å². The Morgan fingerprint density at radius 3 is 2.37 bits per heavy atom. The van der Waals surface area contributed by atoms with Crippen molar-refractivity contribution in [2.75, 3.05) is 20.3 Å². The van der Waals surface area contributed by atoms with Crippen molar-refractivity contribution in [2.24, 2.45) is 0 Å². The summed E-state index contributed by atoms with van der Waals surface area (Å²) in [5.74, 6) is -0.202.